The van der Waals surface area contributed by atoms with Crippen molar-refractivity contribution in [3.63, 3.8) is 0 Å². The van der Waals surface area contributed by atoms with Crippen LogP contribution in [0, 0.1) is 6.92 Å². The average Bonchev–Trinajstić information content (AvgIpc) is 3.21. The van der Waals surface area contributed by atoms with Gasteiger partial charge in [0.15, 0.2) is 5.76 Å². The van der Waals surface area contributed by atoms with E-state index >= 15 is 0 Å². The lowest BCUT2D eigenvalue weighted by molar-refractivity contribution is 0.0931. The highest BCUT2D eigenvalue weighted by Gasteiger charge is 2.19. The SMILES string of the molecule is CCC(C)NC(=O)c1cc(-c2ccc(C)o2)nn1-c1ccccc1. The van der Waals surface area contributed by atoms with Gasteiger partial charge in [-0.05, 0) is 44.5 Å². The Morgan fingerprint density at radius 2 is 2.00 bits per heavy atom. The van der Waals surface area contributed by atoms with Gasteiger partial charge in [-0.15, -0.1) is 0 Å². The first kappa shape index (κ1) is 16.1. The number of nitrogens with zero attached hydrogens (tertiary/aromatic N) is 2. The van der Waals surface area contributed by atoms with Crippen molar-refractivity contribution in [3.05, 3.63) is 60.0 Å². The molecule has 0 saturated carbocycles. The van der Waals surface area contributed by atoms with Crippen LogP contribution < -0.4 is 5.32 Å². The highest BCUT2D eigenvalue weighted by Crippen LogP contribution is 2.23. The average molecular weight is 323 g/mol. The first-order valence-corrected chi connectivity index (χ1v) is 8.11. The van der Waals surface area contributed by atoms with Crippen molar-refractivity contribution in [2.75, 3.05) is 0 Å². The molecule has 5 heteroatoms. The van der Waals surface area contributed by atoms with Crippen molar-refractivity contribution >= 4 is 5.91 Å². The summed E-state index contributed by atoms with van der Waals surface area (Å²) in [5.74, 6) is 1.32. The molecule has 1 atom stereocenters. The van der Waals surface area contributed by atoms with Gasteiger partial charge in [-0.1, -0.05) is 25.1 Å². The third-order valence-electron chi connectivity index (χ3n) is 3.93. The van der Waals surface area contributed by atoms with E-state index in [0.717, 1.165) is 17.9 Å². The van der Waals surface area contributed by atoms with E-state index in [1.165, 1.54) is 0 Å². The maximum Gasteiger partial charge on any atom is 0.270 e. The number of rotatable bonds is 5. The van der Waals surface area contributed by atoms with Gasteiger partial charge in [-0.3, -0.25) is 4.79 Å². The zero-order chi connectivity index (χ0) is 17.1. The molecule has 2 heterocycles. The summed E-state index contributed by atoms with van der Waals surface area (Å²) in [7, 11) is 0. The van der Waals surface area contributed by atoms with Gasteiger partial charge in [0.05, 0.1) is 5.69 Å². The number of carbonyl (C=O) groups excluding carboxylic acids is 1. The zero-order valence-electron chi connectivity index (χ0n) is 14.1. The fourth-order valence-corrected chi connectivity index (χ4v) is 2.40. The van der Waals surface area contributed by atoms with Crippen molar-refractivity contribution in [1.82, 2.24) is 15.1 Å². The molecule has 3 rings (SSSR count). The molecule has 0 aliphatic rings. The van der Waals surface area contributed by atoms with E-state index in [0.29, 0.717) is 17.1 Å². The van der Waals surface area contributed by atoms with E-state index in [-0.39, 0.29) is 11.9 Å². The molecule has 1 unspecified atom stereocenters. The molecule has 124 valence electrons. The van der Waals surface area contributed by atoms with Crippen LogP contribution in [-0.2, 0) is 0 Å². The lowest BCUT2D eigenvalue weighted by Gasteiger charge is -2.12. The number of aromatic nitrogens is 2. The predicted molar refractivity (Wildman–Crippen MR) is 93.2 cm³/mol. The number of amides is 1. The molecule has 1 aromatic carbocycles. The van der Waals surface area contributed by atoms with Gasteiger partial charge >= 0.3 is 0 Å². The summed E-state index contributed by atoms with van der Waals surface area (Å²) >= 11 is 0. The molecule has 2 aromatic heterocycles. The van der Waals surface area contributed by atoms with E-state index < -0.39 is 0 Å². The molecule has 3 aromatic rings. The molecule has 0 aliphatic carbocycles. The minimum atomic E-state index is -0.143. The summed E-state index contributed by atoms with van der Waals surface area (Å²) in [6.07, 6.45) is 0.870. The summed E-state index contributed by atoms with van der Waals surface area (Å²) in [6.45, 7) is 5.91. The predicted octanol–water partition coefficient (Wildman–Crippen LogP) is 3.97. The van der Waals surface area contributed by atoms with Crippen molar-refractivity contribution < 1.29 is 9.21 Å². The Bertz CT molecular complexity index is 833. The Morgan fingerprint density at radius 3 is 2.62 bits per heavy atom. The van der Waals surface area contributed by atoms with Crippen LogP contribution in [0.5, 0.6) is 0 Å². The first-order valence-electron chi connectivity index (χ1n) is 8.11. The normalized spacial score (nSPS) is 12.1. The second kappa shape index (κ2) is 6.74. The fourth-order valence-electron chi connectivity index (χ4n) is 2.40. The first-order chi connectivity index (χ1) is 11.6. The van der Waals surface area contributed by atoms with Gasteiger partial charge in [0, 0.05) is 12.1 Å². The van der Waals surface area contributed by atoms with Crippen molar-refractivity contribution in [2.24, 2.45) is 0 Å². The van der Waals surface area contributed by atoms with Crippen LogP contribution in [0.3, 0.4) is 0 Å². The summed E-state index contributed by atoms with van der Waals surface area (Å²) < 4.78 is 7.31. The van der Waals surface area contributed by atoms with Crippen LogP contribution >= 0.6 is 0 Å². The molecule has 1 N–H and O–H groups in total. The van der Waals surface area contributed by atoms with E-state index in [1.54, 1.807) is 10.7 Å². The molecule has 0 bridgehead atoms. The van der Waals surface area contributed by atoms with Crippen LogP contribution in [0.2, 0.25) is 0 Å². The Morgan fingerprint density at radius 1 is 1.25 bits per heavy atom. The number of benzene rings is 1. The van der Waals surface area contributed by atoms with Crippen LogP contribution in [0.25, 0.3) is 17.1 Å². The molecule has 5 nitrogen and oxygen atoms in total. The zero-order valence-corrected chi connectivity index (χ0v) is 14.1. The van der Waals surface area contributed by atoms with Gasteiger partial charge in [0.1, 0.15) is 17.1 Å². The minimum Gasteiger partial charge on any atom is -0.460 e. The van der Waals surface area contributed by atoms with Gasteiger partial charge in [0.2, 0.25) is 0 Å². The smallest absolute Gasteiger partial charge is 0.270 e. The number of furan rings is 1. The van der Waals surface area contributed by atoms with E-state index in [4.69, 9.17) is 4.42 Å². The number of para-hydroxylation sites is 1. The summed E-state index contributed by atoms with van der Waals surface area (Å²) in [5, 5.41) is 7.58. The summed E-state index contributed by atoms with van der Waals surface area (Å²) in [5.41, 5.74) is 1.97. The monoisotopic (exact) mass is 323 g/mol. The third-order valence-corrected chi connectivity index (χ3v) is 3.93. The molecule has 0 aliphatic heterocycles. The molecule has 0 fully saturated rings. The summed E-state index contributed by atoms with van der Waals surface area (Å²) in [4.78, 5) is 12.7. The van der Waals surface area contributed by atoms with Crippen molar-refractivity contribution in [1.29, 1.82) is 0 Å². The van der Waals surface area contributed by atoms with Gasteiger partial charge in [-0.25, -0.2) is 4.68 Å². The van der Waals surface area contributed by atoms with E-state index in [1.807, 2.05) is 63.2 Å². The largest absolute Gasteiger partial charge is 0.460 e. The number of aryl methyl sites for hydroxylation is 1. The highest BCUT2D eigenvalue weighted by atomic mass is 16.3. The molecule has 24 heavy (non-hydrogen) atoms. The van der Waals surface area contributed by atoms with Crippen molar-refractivity contribution in [3.8, 4) is 17.1 Å². The van der Waals surface area contributed by atoms with Gasteiger partial charge < -0.3 is 9.73 Å². The molecule has 0 saturated heterocycles. The topological polar surface area (TPSA) is 60.1 Å². The number of hydrogen-bond donors (Lipinski definition) is 1. The maximum absolute atomic E-state index is 12.7. The molecule has 1 amide bonds. The lowest BCUT2D eigenvalue weighted by Crippen LogP contribution is -2.33. The third kappa shape index (κ3) is 3.25. The standard InChI is InChI=1S/C19H21N3O2/c1-4-13(2)20-19(23)17-12-16(18-11-10-14(3)24-18)21-22(17)15-8-6-5-7-9-15/h5-13H,4H2,1-3H3,(H,20,23). The Balaban J connectivity index is 2.05. The van der Waals surface area contributed by atoms with Crippen molar-refractivity contribution in [2.45, 2.75) is 33.2 Å². The quantitative estimate of drug-likeness (QED) is 0.773. The Kier molecular flexibility index (Phi) is 4.51. The number of carbonyl (C=O) groups is 1. The lowest BCUT2D eigenvalue weighted by atomic mass is 10.2. The van der Waals surface area contributed by atoms with Gasteiger partial charge in [-0.2, -0.15) is 5.10 Å². The van der Waals surface area contributed by atoms with Crippen LogP contribution in [-0.4, -0.2) is 21.7 Å². The highest BCUT2D eigenvalue weighted by molar-refractivity contribution is 5.94. The van der Waals surface area contributed by atoms with E-state index in [9.17, 15) is 4.79 Å². The fraction of sp³-hybridized carbons (Fsp3) is 0.263. The Hall–Kier alpha value is -2.82. The second-order valence-corrected chi connectivity index (χ2v) is 5.86. The van der Waals surface area contributed by atoms with Crippen LogP contribution in [0.15, 0.2) is 52.9 Å². The number of nitrogens with one attached hydrogen (secondary N) is 1. The minimum absolute atomic E-state index is 0.103. The Labute approximate surface area is 141 Å². The van der Waals surface area contributed by atoms with Crippen LogP contribution in [0.4, 0.5) is 0 Å². The second-order valence-electron chi connectivity index (χ2n) is 5.86. The van der Waals surface area contributed by atoms with Gasteiger partial charge in [0.25, 0.3) is 5.91 Å². The molecule has 0 radical (unpaired) electrons. The maximum atomic E-state index is 12.7. The van der Waals surface area contributed by atoms with E-state index in [2.05, 4.69) is 10.4 Å². The molecular weight excluding hydrogens is 302 g/mol. The molecular formula is C19H21N3O2. The summed E-state index contributed by atoms with van der Waals surface area (Å²) in [6, 6.07) is 15.2. The van der Waals surface area contributed by atoms with Crippen LogP contribution in [0.1, 0.15) is 36.5 Å². The molecule has 0 spiro atoms. The number of hydrogen-bond acceptors (Lipinski definition) is 3.